The molecule has 1 fully saturated rings. The second kappa shape index (κ2) is 10.0. The summed E-state index contributed by atoms with van der Waals surface area (Å²) in [5.74, 6) is 0. The van der Waals surface area contributed by atoms with Gasteiger partial charge < -0.3 is 20.3 Å². The first-order valence-corrected chi connectivity index (χ1v) is 11.0. The van der Waals surface area contributed by atoms with E-state index in [4.69, 9.17) is 4.74 Å². The van der Waals surface area contributed by atoms with Crippen molar-refractivity contribution in [3.05, 3.63) is 41.7 Å². The van der Waals surface area contributed by atoms with Crippen molar-refractivity contribution >= 4 is 17.8 Å². The molecule has 1 aromatic carbocycles. The Morgan fingerprint density at radius 1 is 1.09 bits per heavy atom. The Hall–Kier alpha value is -3.07. The number of benzene rings is 1. The average molecular weight is 443 g/mol. The number of urea groups is 1. The number of rotatable bonds is 5. The maximum absolute atomic E-state index is 12.3. The standard InChI is InChI=1S/C23H34N6O3/c1-17-15-18(2)29(26-17)20-8-6-7-19(16-20)25-21(30)24-9-10-27-11-13-28(14-12-27)22(31)32-23(3,4)5/h6-8,15-16H,9-14H2,1-5H3,(H2,24,25,30). The molecule has 0 spiro atoms. The van der Waals surface area contributed by atoms with Crippen molar-refractivity contribution in [2.24, 2.45) is 0 Å². The number of aryl methyl sites for hydroxylation is 2. The van der Waals surface area contributed by atoms with Gasteiger partial charge in [0, 0.05) is 50.6 Å². The third-order valence-electron chi connectivity index (χ3n) is 5.10. The topological polar surface area (TPSA) is 91.7 Å². The van der Waals surface area contributed by atoms with Crippen LogP contribution in [0, 0.1) is 13.8 Å². The molecule has 0 unspecified atom stereocenters. The summed E-state index contributed by atoms with van der Waals surface area (Å²) in [6.07, 6.45) is -0.266. The van der Waals surface area contributed by atoms with Crippen LogP contribution in [0.4, 0.5) is 15.3 Å². The van der Waals surface area contributed by atoms with Crippen molar-refractivity contribution in [2.75, 3.05) is 44.6 Å². The van der Waals surface area contributed by atoms with E-state index in [1.807, 2.05) is 69.6 Å². The van der Waals surface area contributed by atoms with E-state index >= 15 is 0 Å². The van der Waals surface area contributed by atoms with Crippen molar-refractivity contribution in [3.8, 4) is 5.69 Å². The number of aromatic nitrogens is 2. The third-order valence-corrected chi connectivity index (χ3v) is 5.10. The number of piperazine rings is 1. The smallest absolute Gasteiger partial charge is 0.410 e. The molecule has 2 N–H and O–H groups in total. The summed E-state index contributed by atoms with van der Waals surface area (Å²) in [4.78, 5) is 28.4. The molecule has 0 aliphatic carbocycles. The normalized spacial score (nSPS) is 14.8. The Labute approximate surface area is 189 Å². The number of nitrogens with zero attached hydrogens (tertiary/aromatic N) is 4. The van der Waals surface area contributed by atoms with Gasteiger partial charge in [-0.05, 0) is 58.9 Å². The summed E-state index contributed by atoms with van der Waals surface area (Å²) in [6.45, 7) is 13.6. The third kappa shape index (κ3) is 6.71. The summed E-state index contributed by atoms with van der Waals surface area (Å²) >= 11 is 0. The lowest BCUT2D eigenvalue weighted by molar-refractivity contribution is 0.0147. The summed E-state index contributed by atoms with van der Waals surface area (Å²) in [7, 11) is 0. The first-order valence-electron chi connectivity index (χ1n) is 11.0. The van der Waals surface area contributed by atoms with Gasteiger partial charge in [-0.2, -0.15) is 5.10 Å². The van der Waals surface area contributed by atoms with E-state index in [0.717, 1.165) is 36.7 Å². The zero-order valence-corrected chi connectivity index (χ0v) is 19.6. The molecule has 0 atom stereocenters. The maximum Gasteiger partial charge on any atom is 0.410 e. The highest BCUT2D eigenvalue weighted by Crippen LogP contribution is 2.17. The second-order valence-corrected chi connectivity index (χ2v) is 9.08. The highest BCUT2D eigenvalue weighted by Gasteiger charge is 2.25. The van der Waals surface area contributed by atoms with Crippen LogP contribution in [0.15, 0.2) is 30.3 Å². The van der Waals surface area contributed by atoms with Crippen LogP contribution in [-0.2, 0) is 4.74 Å². The minimum absolute atomic E-state index is 0.247. The van der Waals surface area contributed by atoms with Gasteiger partial charge >= 0.3 is 12.1 Å². The molecule has 3 rings (SSSR count). The van der Waals surface area contributed by atoms with Crippen LogP contribution < -0.4 is 10.6 Å². The van der Waals surface area contributed by atoms with Crippen LogP contribution in [0.3, 0.4) is 0 Å². The van der Waals surface area contributed by atoms with E-state index in [1.54, 1.807) is 4.90 Å². The lowest BCUT2D eigenvalue weighted by Gasteiger charge is -2.35. The lowest BCUT2D eigenvalue weighted by Crippen LogP contribution is -2.51. The molecule has 9 heteroatoms. The molecular weight excluding hydrogens is 408 g/mol. The van der Waals surface area contributed by atoms with Crippen molar-refractivity contribution in [2.45, 2.75) is 40.2 Å². The van der Waals surface area contributed by atoms with Crippen molar-refractivity contribution in [1.29, 1.82) is 0 Å². The fraction of sp³-hybridized carbons (Fsp3) is 0.522. The number of amides is 3. The molecule has 0 radical (unpaired) electrons. The van der Waals surface area contributed by atoms with Gasteiger partial charge in [-0.25, -0.2) is 14.3 Å². The fourth-order valence-electron chi connectivity index (χ4n) is 3.59. The molecule has 2 heterocycles. The Kier molecular flexibility index (Phi) is 7.40. The van der Waals surface area contributed by atoms with E-state index in [-0.39, 0.29) is 12.1 Å². The van der Waals surface area contributed by atoms with Gasteiger partial charge in [-0.1, -0.05) is 6.07 Å². The minimum Gasteiger partial charge on any atom is -0.444 e. The van der Waals surface area contributed by atoms with Crippen molar-refractivity contribution in [3.63, 3.8) is 0 Å². The highest BCUT2D eigenvalue weighted by atomic mass is 16.6. The van der Waals surface area contributed by atoms with Gasteiger partial charge in [0.1, 0.15) is 5.60 Å². The van der Waals surface area contributed by atoms with E-state index < -0.39 is 5.60 Å². The zero-order chi connectivity index (χ0) is 23.3. The van der Waals surface area contributed by atoms with E-state index in [0.29, 0.717) is 25.3 Å². The number of ether oxygens (including phenoxy) is 1. The van der Waals surface area contributed by atoms with Crippen molar-refractivity contribution in [1.82, 2.24) is 24.9 Å². The van der Waals surface area contributed by atoms with E-state index in [1.165, 1.54) is 0 Å². The van der Waals surface area contributed by atoms with Gasteiger partial charge in [0.15, 0.2) is 0 Å². The second-order valence-electron chi connectivity index (χ2n) is 9.08. The quantitative estimate of drug-likeness (QED) is 0.742. The van der Waals surface area contributed by atoms with Crippen LogP contribution >= 0.6 is 0 Å². The molecule has 1 aliphatic rings. The predicted molar refractivity (Wildman–Crippen MR) is 124 cm³/mol. The zero-order valence-electron chi connectivity index (χ0n) is 19.6. The fourth-order valence-corrected chi connectivity index (χ4v) is 3.59. The average Bonchev–Trinajstić information content (AvgIpc) is 3.05. The van der Waals surface area contributed by atoms with Gasteiger partial charge in [0.05, 0.1) is 11.4 Å². The van der Waals surface area contributed by atoms with Crippen LogP contribution in [0.5, 0.6) is 0 Å². The molecule has 174 valence electrons. The molecule has 9 nitrogen and oxygen atoms in total. The number of anilines is 1. The largest absolute Gasteiger partial charge is 0.444 e. The molecule has 1 saturated heterocycles. The predicted octanol–water partition coefficient (Wildman–Crippen LogP) is 3.16. The lowest BCUT2D eigenvalue weighted by atomic mass is 10.2. The molecule has 3 amide bonds. The Bertz CT molecular complexity index is 941. The van der Waals surface area contributed by atoms with Crippen LogP contribution in [0.1, 0.15) is 32.2 Å². The number of carbonyl (C=O) groups is 2. The highest BCUT2D eigenvalue weighted by molar-refractivity contribution is 5.89. The summed E-state index contributed by atoms with van der Waals surface area (Å²) in [6, 6.07) is 9.37. The van der Waals surface area contributed by atoms with Crippen molar-refractivity contribution < 1.29 is 14.3 Å². The molecule has 32 heavy (non-hydrogen) atoms. The monoisotopic (exact) mass is 442 g/mol. The molecule has 1 aromatic heterocycles. The van der Waals surface area contributed by atoms with Crippen LogP contribution in [0.2, 0.25) is 0 Å². The maximum atomic E-state index is 12.3. The first-order chi connectivity index (χ1) is 15.1. The van der Waals surface area contributed by atoms with Gasteiger partial charge in [-0.3, -0.25) is 4.90 Å². The molecular formula is C23H34N6O3. The number of hydrogen-bond donors (Lipinski definition) is 2. The van der Waals surface area contributed by atoms with Crippen LogP contribution in [0.25, 0.3) is 5.69 Å². The van der Waals surface area contributed by atoms with Crippen LogP contribution in [-0.4, -0.2) is 76.6 Å². The Morgan fingerprint density at radius 2 is 1.81 bits per heavy atom. The first kappa shape index (κ1) is 23.6. The van der Waals surface area contributed by atoms with Gasteiger partial charge in [0.25, 0.3) is 0 Å². The summed E-state index contributed by atoms with van der Waals surface area (Å²) < 4.78 is 7.28. The van der Waals surface area contributed by atoms with Gasteiger partial charge in [-0.15, -0.1) is 0 Å². The minimum atomic E-state index is -0.485. The SMILES string of the molecule is Cc1cc(C)n(-c2cccc(NC(=O)NCCN3CCN(C(=O)OC(C)(C)C)CC3)c2)n1. The summed E-state index contributed by atoms with van der Waals surface area (Å²) in [5.41, 5.74) is 3.11. The summed E-state index contributed by atoms with van der Waals surface area (Å²) in [5, 5.41) is 10.3. The van der Waals surface area contributed by atoms with E-state index in [2.05, 4.69) is 20.6 Å². The number of hydrogen-bond acceptors (Lipinski definition) is 5. The molecule has 1 aliphatic heterocycles. The number of nitrogens with one attached hydrogen (secondary N) is 2. The molecule has 2 aromatic rings. The Balaban J connectivity index is 1.40. The molecule has 0 saturated carbocycles. The molecule has 0 bridgehead atoms. The van der Waals surface area contributed by atoms with Gasteiger partial charge in [0.2, 0.25) is 0 Å². The Morgan fingerprint density at radius 3 is 2.44 bits per heavy atom. The number of carbonyl (C=O) groups excluding carboxylic acids is 2. The van der Waals surface area contributed by atoms with E-state index in [9.17, 15) is 9.59 Å².